The van der Waals surface area contributed by atoms with Crippen LogP contribution >= 0.6 is 0 Å². The summed E-state index contributed by atoms with van der Waals surface area (Å²) in [7, 11) is 3.48. The predicted octanol–water partition coefficient (Wildman–Crippen LogP) is 1.81. The van der Waals surface area contributed by atoms with E-state index in [4.69, 9.17) is 7.58 Å². The van der Waals surface area contributed by atoms with Crippen LogP contribution in [0.25, 0.3) is 0 Å². The van der Waals surface area contributed by atoms with Crippen LogP contribution in [0.4, 0.5) is 0 Å². The predicted molar refractivity (Wildman–Crippen MR) is 44.0 cm³/mol. The van der Waals surface area contributed by atoms with Gasteiger partial charge in [0.15, 0.2) is 0 Å². The Morgan fingerprint density at radius 1 is 1.30 bits per heavy atom. The van der Waals surface area contributed by atoms with E-state index >= 15 is 0 Å². The molecule has 1 unspecified atom stereocenters. The molecule has 10 heavy (non-hydrogen) atoms. The highest BCUT2D eigenvalue weighted by Crippen LogP contribution is 2.10. The van der Waals surface area contributed by atoms with Crippen molar-refractivity contribution in [2.24, 2.45) is 5.92 Å². The number of hydrogen-bond donors (Lipinski definition) is 0. The smallest absolute Gasteiger partial charge is 0.481 e. The van der Waals surface area contributed by atoms with Gasteiger partial charge in [-0.25, -0.2) is 0 Å². The molecular formula is C7H17AlO2. The fraction of sp³-hybridized carbons (Fsp3) is 1.00. The first-order chi connectivity index (χ1) is 4.74. The normalized spacial score (nSPS) is 13.2. The summed E-state index contributed by atoms with van der Waals surface area (Å²) < 4.78 is 10.4. The second-order valence-corrected chi connectivity index (χ2v) is 4.92. The van der Waals surface area contributed by atoms with E-state index in [0.29, 0.717) is 0 Å². The summed E-state index contributed by atoms with van der Waals surface area (Å²) in [5.41, 5.74) is 0. The van der Waals surface area contributed by atoms with E-state index in [0.717, 1.165) is 11.2 Å². The Hall–Kier alpha value is 0.452. The fourth-order valence-electron chi connectivity index (χ4n) is 0.784. The molecule has 0 aliphatic heterocycles. The second-order valence-electron chi connectivity index (χ2n) is 2.65. The van der Waals surface area contributed by atoms with Crippen LogP contribution in [0.1, 0.15) is 20.3 Å². The first-order valence-electron chi connectivity index (χ1n) is 3.80. The summed E-state index contributed by atoms with van der Waals surface area (Å²) in [6, 6.07) is 0. The largest absolute Gasteiger partial charge is 0.674 e. The molecule has 0 amide bonds. The van der Waals surface area contributed by atoms with Gasteiger partial charge in [0, 0.05) is 14.2 Å². The van der Waals surface area contributed by atoms with Crippen LogP contribution in [-0.2, 0) is 7.58 Å². The monoisotopic (exact) mass is 160 g/mol. The Morgan fingerprint density at radius 2 is 1.80 bits per heavy atom. The van der Waals surface area contributed by atoms with Crippen molar-refractivity contribution in [3.63, 3.8) is 0 Å². The van der Waals surface area contributed by atoms with Gasteiger partial charge < -0.3 is 7.58 Å². The molecule has 0 saturated carbocycles. The summed E-state index contributed by atoms with van der Waals surface area (Å²) in [6.45, 7) is 4.43. The van der Waals surface area contributed by atoms with Crippen molar-refractivity contribution in [1.29, 1.82) is 0 Å². The number of hydrogen-bond acceptors (Lipinski definition) is 2. The van der Waals surface area contributed by atoms with Gasteiger partial charge in [-0.3, -0.25) is 0 Å². The molecule has 0 rings (SSSR count). The maximum absolute atomic E-state index is 5.19. The Kier molecular flexibility index (Phi) is 6.46. The van der Waals surface area contributed by atoms with Crippen LogP contribution in [0.3, 0.4) is 0 Å². The average Bonchev–Trinajstić information content (AvgIpc) is 1.99. The van der Waals surface area contributed by atoms with Crippen molar-refractivity contribution in [2.45, 2.75) is 25.6 Å². The quantitative estimate of drug-likeness (QED) is 0.571. The molecule has 0 radical (unpaired) electrons. The molecular weight excluding hydrogens is 143 g/mol. The van der Waals surface area contributed by atoms with Crippen molar-refractivity contribution in [3.05, 3.63) is 0 Å². The maximum atomic E-state index is 5.19. The van der Waals surface area contributed by atoms with Gasteiger partial charge in [-0.05, 0) is 5.28 Å². The summed E-state index contributed by atoms with van der Waals surface area (Å²) in [4.78, 5) is 0. The minimum absolute atomic E-state index is 0.747. The van der Waals surface area contributed by atoms with Crippen LogP contribution < -0.4 is 0 Å². The van der Waals surface area contributed by atoms with E-state index in [9.17, 15) is 0 Å². The Morgan fingerprint density at radius 3 is 2.10 bits per heavy atom. The van der Waals surface area contributed by atoms with E-state index in [1.165, 1.54) is 6.42 Å². The van der Waals surface area contributed by atoms with Crippen LogP contribution in [0.5, 0.6) is 0 Å². The van der Waals surface area contributed by atoms with Gasteiger partial charge in [0.2, 0.25) is 0 Å². The third-order valence-corrected chi connectivity index (χ3v) is 4.06. The Labute approximate surface area is 68.6 Å². The van der Waals surface area contributed by atoms with Crippen LogP contribution in [0.15, 0.2) is 0 Å². The third kappa shape index (κ3) is 4.30. The molecule has 0 N–H and O–H groups in total. The highest BCUT2D eigenvalue weighted by atomic mass is 27.2. The highest BCUT2D eigenvalue weighted by molar-refractivity contribution is 6.44. The van der Waals surface area contributed by atoms with Gasteiger partial charge in [-0.2, -0.15) is 0 Å². The molecule has 0 heterocycles. The van der Waals surface area contributed by atoms with Gasteiger partial charge in [-0.1, -0.05) is 26.2 Å². The molecule has 0 aliphatic rings. The van der Waals surface area contributed by atoms with E-state index in [-0.39, 0.29) is 0 Å². The van der Waals surface area contributed by atoms with Gasteiger partial charge in [0.1, 0.15) is 0 Å². The summed E-state index contributed by atoms with van der Waals surface area (Å²) in [6.07, 6.45) is 1.22. The zero-order valence-corrected chi connectivity index (χ0v) is 8.54. The lowest BCUT2D eigenvalue weighted by molar-refractivity contribution is 0.270. The molecule has 0 bridgehead atoms. The molecule has 0 aromatic heterocycles. The SMILES string of the molecule is CCC(C)[CH2][Al]([O]C)[O]C. The molecule has 1 atom stereocenters. The molecule has 60 valence electrons. The van der Waals surface area contributed by atoms with Crippen molar-refractivity contribution < 1.29 is 7.58 Å². The lowest BCUT2D eigenvalue weighted by atomic mass is 10.2. The first-order valence-corrected chi connectivity index (χ1v) is 5.56. The number of rotatable bonds is 5. The molecule has 0 spiro atoms. The topological polar surface area (TPSA) is 18.5 Å². The van der Waals surface area contributed by atoms with E-state index in [1.54, 1.807) is 14.2 Å². The Balaban J connectivity index is 3.41. The van der Waals surface area contributed by atoms with Gasteiger partial charge in [0.25, 0.3) is 0 Å². The summed E-state index contributed by atoms with van der Waals surface area (Å²) >= 11 is -1.27. The zero-order valence-electron chi connectivity index (χ0n) is 7.39. The molecule has 0 fully saturated rings. The minimum atomic E-state index is -1.27. The van der Waals surface area contributed by atoms with Crippen molar-refractivity contribution in [2.75, 3.05) is 14.2 Å². The zero-order chi connectivity index (χ0) is 7.98. The second kappa shape index (κ2) is 6.18. The Bertz CT molecular complexity index is 74.0. The van der Waals surface area contributed by atoms with Gasteiger partial charge in [0.05, 0.1) is 0 Å². The fourth-order valence-corrected chi connectivity index (χ4v) is 2.35. The minimum Gasteiger partial charge on any atom is -0.481 e. The third-order valence-electron chi connectivity index (χ3n) is 1.82. The molecule has 3 heteroatoms. The average molecular weight is 160 g/mol. The molecule has 0 saturated heterocycles. The van der Waals surface area contributed by atoms with Gasteiger partial charge in [-0.15, -0.1) is 0 Å². The van der Waals surface area contributed by atoms with Crippen LogP contribution in [0, 0.1) is 5.92 Å². The van der Waals surface area contributed by atoms with Crippen LogP contribution in [-0.4, -0.2) is 29.0 Å². The van der Waals surface area contributed by atoms with Crippen molar-refractivity contribution in [1.82, 2.24) is 0 Å². The summed E-state index contributed by atoms with van der Waals surface area (Å²) in [5, 5.41) is 1.13. The van der Waals surface area contributed by atoms with E-state index in [1.807, 2.05) is 0 Å². The maximum Gasteiger partial charge on any atom is 0.674 e. The highest BCUT2D eigenvalue weighted by Gasteiger charge is 2.23. The standard InChI is InChI=1S/C5H11.2CH3O.Al/c1-4-5(2)3;2*1-2;/h5H,2,4H2,1,3H3;2*1H3;/q;2*-1;+2. The van der Waals surface area contributed by atoms with E-state index in [2.05, 4.69) is 13.8 Å². The molecule has 0 aliphatic carbocycles. The lowest BCUT2D eigenvalue weighted by Gasteiger charge is -2.10. The summed E-state index contributed by atoms with van der Waals surface area (Å²) in [5.74, 6) is 0.747. The van der Waals surface area contributed by atoms with Gasteiger partial charge >= 0.3 is 14.8 Å². The van der Waals surface area contributed by atoms with Crippen molar-refractivity contribution >= 4 is 14.8 Å². The van der Waals surface area contributed by atoms with E-state index < -0.39 is 14.8 Å². The first kappa shape index (κ1) is 10.5. The molecule has 0 aromatic carbocycles. The molecule has 2 nitrogen and oxygen atoms in total. The lowest BCUT2D eigenvalue weighted by Crippen LogP contribution is -2.21. The van der Waals surface area contributed by atoms with Crippen molar-refractivity contribution in [3.8, 4) is 0 Å². The van der Waals surface area contributed by atoms with Crippen LogP contribution in [0.2, 0.25) is 5.28 Å². The molecule has 0 aromatic rings.